The minimum absolute atomic E-state index is 0.0373. The largest absolute Gasteiger partial charge is 0.491 e. The summed E-state index contributed by atoms with van der Waals surface area (Å²) in [7, 11) is 1.47. The highest BCUT2D eigenvalue weighted by Gasteiger charge is 2.43. The molecule has 1 aromatic heterocycles. The molecular weight excluding hydrogens is 507 g/mol. The van der Waals surface area contributed by atoms with Gasteiger partial charge in [-0.15, -0.1) is 0 Å². The number of carbonyl (C=O) groups is 3. The number of alkyl halides is 3. The molecule has 4 rings (SSSR count). The van der Waals surface area contributed by atoms with Crippen LogP contribution in [0.15, 0.2) is 48.5 Å². The Morgan fingerprint density at radius 3 is 2.50 bits per heavy atom. The molecule has 1 amide bonds. The molecule has 1 saturated heterocycles. The summed E-state index contributed by atoms with van der Waals surface area (Å²) in [5.74, 6) is -4.86. The minimum atomic E-state index is -5.30. The normalized spacial score (nSPS) is 17.5. The van der Waals surface area contributed by atoms with Crippen molar-refractivity contribution >= 4 is 34.4 Å². The number of halogens is 3. The molecule has 0 aliphatic carbocycles. The fourth-order valence-electron chi connectivity index (χ4n) is 4.66. The lowest BCUT2D eigenvalue weighted by Gasteiger charge is -2.27. The summed E-state index contributed by atoms with van der Waals surface area (Å²) in [5, 5.41) is 0.0373. The van der Waals surface area contributed by atoms with Crippen molar-refractivity contribution in [1.82, 2.24) is 4.98 Å². The Kier molecular flexibility index (Phi) is 7.91. The summed E-state index contributed by atoms with van der Waals surface area (Å²) in [6.45, 7) is 0.685. The Morgan fingerprint density at radius 2 is 1.84 bits per heavy atom. The zero-order chi connectivity index (χ0) is 27.4. The number of ether oxygens (including phenoxy) is 3. The molecule has 2 heterocycles. The van der Waals surface area contributed by atoms with Crippen LogP contribution < -0.4 is 15.4 Å². The Balaban J connectivity index is 1.72. The Hall–Kier alpha value is -4.06. The topological polar surface area (TPSA) is 124 Å². The first-order valence-electron chi connectivity index (χ1n) is 11.8. The van der Waals surface area contributed by atoms with Crippen molar-refractivity contribution in [3.8, 4) is 5.75 Å². The molecule has 202 valence electrons. The van der Waals surface area contributed by atoms with Gasteiger partial charge in [0, 0.05) is 43.7 Å². The van der Waals surface area contributed by atoms with E-state index < -0.39 is 41.5 Å². The molecule has 1 aliphatic rings. The van der Waals surface area contributed by atoms with Crippen molar-refractivity contribution in [3.05, 3.63) is 59.8 Å². The van der Waals surface area contributed by atoms with Gasteiger partial charge in [0.15, 0.2) is 11.4 Å². The van der Waals surface area contributed by atoms with Gasteiger partial charge in [-0.25, -0.2) is 9.59 Å². The highest BCUT2D eigenvalue weighted by Crippen LogP contribution is 2.40. The second kappa shape index (κ2) is 11.1. The molecule has 0 saturated carbocycles. The van der Waals surface area contributed by atoms with E-state index in [1.54, 1.807) is 11.0 Å². The maximum atomic E-state index is 13.1. The summed E-state index contributed by atoms with van der Waals surface area (Å²) in [6, 6.07) is 13.3. The molecule has 3 aromatic rings. The number of hydrogen-bond acceptors (Lipinski definition) is 7. The third-order valence-corrected chi connectivity index (χ3v) is 6.34. The Bertz CT molecular complexity index is 1330. The third-order valence-electron chi connectivity index (χ3n) is 6.34. The molecule has 3 N–H and O–H groups in total. The van der Waals surface area contributed by atoms with Crippen LogP contribution >= 0.6 is 0 Å². The number of nitrogens with one attached hydrogen (secondary N) is 1. The van der Waals surface area contributed by atoms with E-state index in [4.69, 9.17) is 15.2 Å². The molecule has 9 nitrogen and oxygen atoms in total. The highest BCUT2D eigenvalue weighted by molar-refractivity contribution is 6.03. The number of aromatic amines is 1. The predicted octanol–water partition coefficient (Wildman–Crippen LogP) is 3.68. The number of fused-ring (bicyclic) bond motifs is 1. The summed E-state index contributed by atoms with van der Waals surface area (Å²) in [6.07, 6.45) is -4.33. The SMILES string of the molecule is COCCCOC(=O)c1[nH]c2ccc(N3CC[C@@H](c4ccccc4)[C@H]3C(N)=O)cc2c1OC(=O)C(F)(F)F. The summed E-state index contributed by atoms with van der Waals surface area (Å²) in [4.78, 5) is 41.4. The number of hydrogen-bond donors (Lipinski definition) is 2. The highest BCUT2D eigenvalue weighted by atomic mass is 19.4. The van der Waals surface area contributed by atoms with Crippen LogP contribution in [-0.2, 0) is 19.1 Å². The van der Waals surface area contributed by atoms with Crippen LogP contribution in [0.2, 0.25) is 0 Å². The average molecular weight is 534 g/mol. The summed E-state index contributed by atoms with van der Waals surface area (Å²) >= 11 is 0. The number of methoxy groups -OCH3 is 1. The van der Waals surface area contributed by atoms with Gasteiger partial charge >= 0.3 is 18.1 Å². The smallest absolute Gasteiger partial charge is 0.461 e. The van der Waals surface area contributed by atoms with E-state index in [-0.39, 0.29) is 23.4 Å². The average Bonchev–Trinajstić information content (AvgIpc) is 3.49. The molecular formula is C26H26F3N3O6. The summed E-state index contributed by atoms with van der Waals surface area (Å²) in [5.41, 5.74) is 6.95. The van der Waals surface area contributed by atoms with Gasteiger partial charge < -0.3 is 29.8 Å². The van der Waals surface area contributed by atoms with E-state index in [1.165, 1.54) is 19.2 Å². The molecule has 12 heteroatoms. The lowest BCUT2D eigenvalue weighted by atomic mass is 9.91. The molecule has 0 radical (unpaired) electrons. The van der Waals surface area contributed by atoms with Crippen LogP contribution in [0.1, 0.15) is 34.8 Å². The van der Waals surface area contributed by atoms with E-state index >= 15 is 0 Å². The van der Waals surface area contributed by atoms with Crippen LogP contribution in [0.5, 0.6) is 5.75 Å². The number of nitrogens with zero attached hydrogens (tertiary/aromatic N) is 1. The van der Waals surface area contributed by atoms with E-state index in [9.17, 15) is 27.6 Å². The van der Waals surface area contributed by atoms with Gasteiger partial charge in [-0.2, -0.15) is 13.2 Å². The lowest BCUT2D eigenvalue weighted by molar-refractivity contribution is -0.189. The van der Waals surface area contributed by atoms with Gasteiger partial charge in [-0.3, -0.25) is 4.79 Å². The van der Waals surface area contributed by atoms with E-state index in [0.717, 1.165) is 5.56 Å². The predicted molar refractivity (Wildman–Crippen MR) is 131 cm³/mol. The van der Waals surface area contributed by atoms with Gasteiger partial charge in [0.25, 0.3) is 0 Å². The standard InChI is InChI=1S/C26H26F3N3O6/c1-36-12-5-13-37-24(34)20-22(38-25(35)26(27,28)29)18-14-16(8-9-19(18)31-20)32-11-10-17(21(32)23(30)33)15-6-3-2-4-7-15/h2-4,6-9,14,17,21,31H,5,10-13H2,1H3,(H2,30,33)/t17-,21-/m0/s1. The molecule has 2 aromatic carbocycles. The van der Waals surface area contributed by atoms with Crippen LogP contribution in [0.4, 0.5) is 18.9 Å². The zero-order valence-electron chi connectivity index (χ0n) is 20.4. The number of H-pyrrole nitrogens is 1. The van der Waals surface area contributed by atoms with E-state index in [0.29, 0.717) is 31.7 Å². The van der Waals surface area contributed by atoms with Crippen LogP contribution in [0.25, 0.3) is 10.9 Å². The first-order chi connectivity index (χ1) is 18.1. The quantitative estimate of drug-likeness (QED) is 0.318. The number of benzene rings is 2. The van der Waals surface area contributed by atoms with Crippen molar-refractivity contribution < 1.29 is 41.8 Å². The van der Waals surface area contributed by atoms with Gasteiger partial charge in [0.2, 0.25) is 5.91 Å². The van der Waals surface area contributed by atoms with Crippen molar-refractivity contribution in [2.45, 2.75) is 31.0 Å². The van der Waals surface area contributed by atoms with Crippen LogP contribution in [-0.4, -0.2) is 61.9 Å². The number of aromatic nitrogens is 1. The number of esters is 2. The fraction of sp³-hybridized carbons (Fsp3) is 0.346. The number of anilines is 1. The number of carbonyl (C=O) groups excluding carboxylic acids is 3. The van der Waals surface area contributed by atoms with Crippen molar-refractivity contribution in [1.29, 1.82) is 0 Å². The van der Waals surface area contributed by atoms with Crippen molar-refractivity contribution in [2.75, 3.05) is 31.8 Å². The Labute approximate surface area is 215 Å². The molecule has 0 spiro atoms. The second-order valence-electron chi connectivity index (χ2n) is 8.78. The number of nitrogens with two attached hydrogens (primary N) is 1. The molecule has 0 unspecified atom stereocenters. The van der Waals surface area contributed by atoms with Crippen LogP contribution in [0, 0.1) is 0 Å². The van der Waals surface area contributed by atoms with E-state index in [1.807, 2.05) is 30.3 Å². The minimum Gasteiger partial charge on any atom is -0.461 e. The van der Waals surface area contributed by atoms with Gasteiger partial charge in [-0.1, -0.05) is 30.3 Å². The summed E-state index contributed by atoms with van der Waals surface area (Å²) < 4.78 is 53.8. The third kappa shape index (κ3) is 5.59. The monoisotopic (exact) mass is 533 g/mol. The Morgan fingerprint density at radius 1 is 1.11 bits per heavy atom. The van der Waals surface area contributed by atoms with Gasteiger partial charge in [-0.05, 0) is 30.2 Å². The van der Waals surface area contributed by atoms with Crippen molar-refractivity contribution in [3.63, 3.8) is 0 Å². The van der Waals surface area contributed by atoms with Gasteiger partial charge in [0.05, 0.1) is 12.1 Å². The van der Waals surface area contributed by atoms with Crippen molar-refractivity contribution in [2.24, 2.45) is 5.73 Å². The first kappa shape index (κ1) is 27.0. The second-order valence-corrected chi connectivity index (χ2v) is 8.78. The lowest BCUT2D eigenvalue weighted by Crippen LogP contribution is -2.43. The molecule has 0 bridgehead atoms. The number of amides is 1. The van der Waals surface area contributed by atoms with Gasteiger partial charge in [0.1, 0.15) is 6.04 Å². The fourth-order valence-corrected chi connectivity index (χ4v) is 4.66. The zero-order valence-corrected chi connectivity index (χ0v) is 20.4. The van der Waals surface area contributed by atoms with E-state index in [2.05, 4.69) is 9.72 Å². The maximum Gasteiger partial charge on any atom is 0.491 e. The van der Waals surface area contributed by atoms with Crippen LogP contribution in [0.3, 0.4) is 0 Å². The molecule has 2 atom stereocenters. The maximum absolute atomic E-state index is 13.1. The number of rotatable bonds is 9. The first-order valence-corrected chi connectivity index (χ1v) is 11.8. The number of primary amides is 1. The molecule has 1 aliphatic heterocycles. The molecule has 38 heavy (non-hydrogen) atoms. The molecule has 1 fully saturated rings.